The van der Waals surface area contributed by atoms with Gasteiger partial charge in [-0.2, -0.15) is 0 Å². The third-order valence-corrected chi connectivity index (χ3v) is 5.89. The fourth-order valence-electron chi connectivity index (χ4n) is 4.42. The van der Waals surface area contributed by atoms with E-state index in [1.54, 1.807) is 0 Å². The van der Waals surface area contributed by atoms with E-state index < -0.39 is 0 Å². The molecule has 0 saturated heterocycles. The Balaban J connectivity index is 1.82. The van der Waals surface area contributed by atoms with Crippen LogP contribution < -0.4 is 9.64 Å². The summed E-state index contributed by atoms with van der Waals surface area (Å²) < 4.78 is 5.57. The molecule has 4 rings (SSSR count). The van der Waals surface area contributed by atoms with E-state index in [1.807, 2.05) is 105 Å². The number of hydrogen-bond acceptors (Lipinski definition) is 4. The molecule has 0 bridgehead atoms. The molecule has 174 valence electrons. The van der Waals surface area contributed by atoms with Crippen LogP contribution in [0.5, 0.6) is 5.75 Å². The lowest BCUT2D eigenvalue weighted by molar-refractivity contribution is -0.120. The molecule has 1 heterocycles. The van der Waals surface area contributed by atoms with Crippen LogP contribution in [0.2, 0.25) is 0 Å². The highest BCUT2D eigenvalue weighted by atomic mass is 16.5. The largest absolute Gasteiger partial charge is 0.494 e. The van der Waals surface area contributed by atoms with Gasteiger partial charge in [-0.05, 0) is 74.2 Å². The molecule has 5 nitrogen and oxygen atoms in total. The minimum absolute atomic E-state index is 0.295. The second-order valence-electron chi connectivity index (χ2n) is 8.47. The highest BCUT2D eigenvalue weighted by molar-refractivity contribution is 6.45. The molecular formula is C29H30N2O3. The van der Waals surface area contributed by atoms with Crippen LogP contribution in [0.3, 0.4) is 0 Å². The Hall–Kier alpha value is -3.86. The van der Waals surface area contributed by atoms with E-state index in [1.165, 1.54) is 4.90 Å². The van der Waals surface area contributed by atoms with E-state index in [4.69, 9.17) is 4.74 Å². The third-order valence-electron chi connectivity index (χ3n) is 5.89. The summed E-state index contributed by atoms with van der Waals surface area (Å²) in [6.07, 6.45) is 0. The highest BCUT2D eigenvalue weighted by Crippen LogP contribution is 2.36. The normalized spacial score (nSPS) is 13.6. The number of aryl methyl sites for hydroxylation is 2. The predicted molar refractivity (Wildman–Crippen MR) is 135 cm³/mol. The lowest BCUT2D eigenvalue weighted by Gasteiger charge is -2.25. The second-order valence-corrected chi connectivity index (χ2v) is 8.47. The van der Waals surface area contributed by atoms with Gasteiger partial charge in [-0.1, -0.05) is 48.5 Å². The number of rotatable bonds is 8. The van der Waals surface area contributed by atoms with Crippen LogP contribution >= 0.6 is 0 Å². The number of hydrogen-bond donors (Lipinski definition) is 0. The van der Waals surface area contributed by atoms with Gasteiger partial charge in [-0.3, -0.25) is 9.59 Å². The number of nitrogens with zero attached hydrogens (tertiary/aromatic N) is 2. The summed E-state index contributed by atoms with van der Waals surface area (Å²) in [6, 6.07) is 23.2. The van der Waals surface area contributed by atoms with Crippen molar-refractivity contribution in [2.75, 3.05) is 18.1 Å². The number of anilines is 1. The van der Waals surface area contributed by atoms with E-state index in [0.29, 0.717) is 42.2 Å². The standard InChI is InChI=1S/C29H30N2O3/c1-5-30(19-22-10-8-7-9-11-22)27-26(23-12-14-25(15-13-23)34-6-2)28(32)31(29(27)33)24-17-20(3)16-21(4)18-24/h7-18H,5-6,19H2,1-4H3. The summed E-state index contributed by atoms with van der Waals surface area (Å²) in [7, 11) is 0. The Labute approximate surface area is 201 Å². The van der Waals surface area contributed by atoms with Crippen LogP contribution in [0.25, 0.3) is 5.57 Å². The number of benzene rings is 3. The Morgan fingerprint density at radius 3 is 2.06 bits per heavy atom. The summed E-state index contributed by atoms with van der Waals surface area (Å²) in [5.41, 5.74) is 5.24. The molecule has 3 aromatic rings. The van der Waals surface area contributed by atoms with E-state index >= 15 is 0 Å². The quantitative estimate of drug-likeness (QED) is 0.421. The SMILES string of the molecule is CCOc1ccc(C2=C(N(CC)Cc3ccccc3)C(=O)N(c3cc(C)cc(C)c3)C2=O)cc1. The molecule has 1 aliphatic heterocycles. The molecule has 5 heteroatoms. The Morgan fingerprint density at radius 2 is 1.47 bits per heavy atom. The van der Waals surface area contributed by atoms with E-state index in [-0.39, 0.29) is 11.8 Å². The van der Waals surface area contributed by atoms with Crippen molar-refractivity contribution < 1.29 is 14.3 Å². The van der Waals surface area contributed by atoms with Gasteiger partial charge in [-0.15, -0.1) is 0 Å². The van der Waals surface area contributed by atoms with Crippen molar-refractivity contribution in [2.24, 2.45) is 0 Å². The summed E-state index contributed by atoms with van der Waals surface area (Å²) >= 11 is 0. The minimum Gasteiger partial charge on any atom is -0.494 e. The molecule has 0 radical (unpaired) electrons. The number of likely N-dealkylation sites (N-methyl/N-ethyl adjacent to an activating group) is 1. The van der Waals surface area contributed by atoms with Gasteiger partial charge in [0.1, 0.15) is 11.4 Å². The van der Waals surface area contributed by atoms with Crippen molar-refractivity contribution in [2.45, 2.75) is 34.2 Å². The average molecular weight is 455 g/mol. The lowest BCUT2D eigenvalue weighted by Crippen LogP contribution is -2.35. The van der Waals surface area contributed by atoms with Gasteiger partial charge in [0, 0.05) is 13.1 Å². The van der Waals surface area contributed by atoms with Gasteiger partial charge >= 0.3 is 0 Å². The molecule has 0 fully saturated rings. The first-order chi connectivity index (χ1) is 16.4. The third kappa shape index (κ3) is 4.60. The van der Waals surface area contributed by atoms with Crippen molar-refractivity contribution in [1.82, 2.24) is 4.90 Å². The molecule has 2 amide bonds. The van der Waals surface area contributed by atoms with Crippen molar-refractivity contribution in [1.29, 1.82) is 0 Å². The van der Waals surface area contributed by atoms with Crippen molar-refractivity contribution >= 4 is 23.1 Å². The summed E-state index contributed by atoms with van der Waals surface area (Å²) in [5, 5.41) is 0. The number of carbonyl (C=O) groups excluding carboxylic acids is 2. The Bertz CT molecular complexity index is 1210. The van der Waals surface area contributed by atoms with Gasteiger partial charge in [0.2, 0.25) is 0 Å². The first kappa shape index (κ1) is 23.3. The van der Waals surface area contributed by atoms with E-state index in [9.17, 15) is 9.59 Å². The van der Waals surface area contributed by atoms with Gasteiger partial charge in [0.15, 0.2) is 0 Å². The van der Waals surface area contributed by atoms with Crippen LogP contribution in [0, 0.1) is 13.8 Å². The van der Waals surface area contributed by atoms with Crippen molar-refractivity contribution in [3.05, 3.63) is 101 Å². The van der Waals surface area contributed by atoms with Gasteiger partial charge in [0.05, 0.1) is 17.9 Å². The molecule has 0 N–H and O–H groups in total. The van der Waals surface area contributed by atoms with Crippen LogP contribution in [0.15, 0.2) is 78.5 Å². The molecule has 0 aromatic heterocycles. The molecule has 1 aliphatic rings. The van der Waals surface area contributed by atoms with E-state index in [2.05, 4.69) is 0 Å². The monoisotopic (exact) mass is 454 g/mol. The molecule has 0 unspecified atom stereocenters. The molecule has 0 spiro atoms. The van der Waals surface area contributed by atoms with E-state index in [0.717, 1.165) is 22.4 Å². The van der Waals surface area contributed by atoms with Gasteiger partial charge in [-0.25, -0.2) is 4.90 Å². The molecule has 0 saturated carbocycles. The number of ether oxygens (including phenoxy) is 1. The summed E-state index contributed by atoms with van der Waals surface area (Å²) in [4.78, 5) is 31.0. The topological polar surface area (TPSA) is 49.9 Å². The highest BCUT2D eigenvalue weighted by Gasteiger charge is 2.42. The number of carbonyl (C=O) groups is 2. The zero-order valence-corrected chi connectivity index (χ0v) is 20.2. The van der Waals surface area contributed by atoms with Crippen LogP contribution in [-0.2, 0) is 16.1 Å². The van der Waals surface area contributed by atoms with Gasteiger partial charge in [0.25, 0.3) is 11.8 Å². The first-order valence-corrected chi connectivity index (χ1v) is 11.7. The molecular weight excluding hydrogens is 424 g/mol. The molecule has 0 atom stereocenters. The lowest BCUT2D eigenvalue weighted by atomic mass is 10.0. The maximum Gasteiger partial charge on any atom is 0.282 e. The zero-order valence-electron chi connectivity index (χ0n) is 20.2. The Kier molecular flexibility index (Phi) is 6.82. The molecule has 3 aromatic carbocycles. The van der Waals surface area contributed by atoms with Crippen molar-refractivity contribution in [3.63, 3.8) is 0 Å². The molecule has 0 aliphatic carbocycles. The predicted octanol–water partition coefficient (Wildman–Crippen LogP) is 5.51. The van der Waals surface area contributed by atoms with Gasteiger partial charge < -0.3 is 9.64 Å². The number of imide groups is 1. The second kappa shape index (κ2) is 9.96. The summed E-state index contributed by atoms with van der Waals surface area (Å²) in [5.74, 6) is 0.130. The fraction of sp³-hybridized carbons (Fsp3) is 0.241. The Morgan fingerprint density at radius 1 is 0.824 bits per heavy atom. The zero-order chi connectivity index (χ0) is 24.2. The maximum absolute atomic E-state index is 13.9. The average Bonchev–Trinajstić information content (AvgIpc) is 3.08. The smallest absolute Gasteiger partial charge is 0.282 e. The molecule has 34 heavy (non-hydrogen) atoms. The van der Waals surface area contributed by atoms with Crippen LogP contribution in [0.1, 0.15) is 36.1 Å². The first-order valence-electron chi connectivity index (χ1n) is 11.7. The summed E-state index contributed by atoms with van der Waals surface area (Å²) in [6.45, 7) is 9.55. The fourth-order valence-corrected chi connectivity index (χ4v) is 4.42. The minimum atomic E-state index is -0.305. The van der Waals surface area contributed by atoms with Crippen LogP contribution in [-0.4, -0.2) is 29.9 Å². The van der Waals surface area contributed by atoms with Crippen molar-refractivity contribution in [3.8, 4) is 5.75 Å². The van der Waals surface area contributed by atoms with Crippen LogP contribution in [0.4, 0.5) is 5.69 Å². The number of amides is 2. The maximum atomic E-state index is 13.9.